The lowest BCUT2D eigenvalue weighted by Crippen LogP contribution is -2.39. The Kier molecular flexibility index (Phi) is 6.80. The lowest BCUT2D eigenvalue weighted by molar-refractivity contribution is -0.142. The highest BCUT2D eigenvalue weighted by molar-refractivity contribution is 7.88. The van der Waals surface area contributed by atoms with E-state index < -0.39 is 33.9 Å². The van der Waals surface area contributed by atoms with Crippen LogP contribution in [0, 0.1) is 5.82 Å². The summed E-state index contributed by atoms with van der Waals surface area (Å²) < 4.78 is 45.3. The van der Waals surface area contributed by atoms with Crippen LogP contribution in [0.5, 0.6) is 0 Å². The SMILES string of the molecule is CCOC(=O)CC1=C2C[C@H](NS(C)(=O)=O)CN2C(c2nncs2)=NC1c1ccc(F)cc1Cl. The predicted molar refractivity (Wildman–Crippen MR) is 122 cm³/mol. The van der Waals surface area contributed by atoms with Gasteiger partial charge in [-0.05, 0) is 30.2 Å². The quantitative estimate of drug-likeness (QED) is 0.566. The van der Waals surface area contributed by atoms with Crippen LogP contribution < -0.4 is 4.72 Å². The summed E-state index contributed by atoms with van der Waals surface area (Å²) in [6, 6.07) is 2.87. The number of esters is 1. The Balaban J connectivity index is 1.86. The van der Waals surface area contributed by atoms with Crippen molar-refractivity contribution in [3.8, 4) is 0 Å². The first-order valence-electron chi connectivity index (χ1n) is 10.1. The van der Waals surface area contributed by atoms with E-state index in [1.807, 2.05) is 4.90 Å². The number of nitrogens with zero attached hydrogens (tertiary/aromatic N) is 4. The van der Waals surface area contributed by atoms with Gasteiger partial charge in [-0.3, -0.25) is 9.79 Å². The van der Waals surface area contributed by atoms with Crippen molar-refractivity contribution in [2.24, 2.45) is 4.99 Å². The summed E-state index contributed by atoms with van der Waals surface area (Å²) in [5, 5.41) is 8.72. The zero-order chi connectivity index (χ0) is 23.8. The van der Waals surface area contributed by atoms with E-state index in [1.54, 1.807) is 12.4 Å². The van der Waals surface area contributed by atoms with Crippen molar-refractivity contribution in [3.05, 3.63) is 56.4 Å². The van der Waals surface area contributed by atoms with Gasteiger partial charge in [0, 0.05) is 29.7 Å². The maximum Gasteiger partial charge on any atom is 0.310 e. The zero-order valence-electron chi connectivity index (χ0n) is 17.8. The highest BCUT2D eigenvalue weighted by Gasteiger charge is 2.41. The standard InChI is InChI=1S/C20H21ClFN5O4S2/c1-3-31-17(28)8-14-16-7-12(26-33(2,29)30)9-27(16)19(20-25-23-10-32-20)24-18(14)13-5-4-11(22)6-15(13)21/h4-6,10,12,18,26H,3,7-9H2,1-2H3/t12-,18?/m0/s1. The average Bonchev–Trinajstić information content (AvgIpc) is 3.37. The maximum absolute atomic E-state index is 13.7. The number of amidine groups is 1. The molecule has 2 atom stereocenters. The first-order valence-corrected chi connectivity index (χ1v) is 13.2. The molecule has 1 aromatic heterocycles. The van der Waals surface area contributed by atoms with Crippen molar-refractivity contribution in [3.63, 3.8) is 0 Å². The fourth-order valence-corrected chi connectivity index (χ4v) is 5.65. The monoisotopic (exact) mass is 513 g/mol. The average molecular weight is 514 g/mol. The van der Waals surface area contributed by atoms with E-state index in [2.05, 4.69) is 14.9 Å². The number of halogens is 2. The molecule has 1 N–H and O–H groups in total. The molecule has 13 heteroatoms. The summed E-state index contributed by atoms with van der Waals surface area (Å²) >= 11 is 7.66. The second-order valence-corrected chi connectivity index (χ2v) is 10.6. The molecule has 0 amide bonds. The van der Waals surface area contributed by atoms with Gasteiger partial charge in [-0.2, -0.15) is 0 Å². The molecule has 0 saturated carbocycles. The molecular formula is C20H21ClFN5O4S2. The van der Waals surface area contributed by atoms with Crippen molar-refractivity contribution >= 4 is 44.8 Å². The number of sulfonamides is 1. The Morgan fingerprint density at radius 2 is 2.21 bits per heavy atom. The molecule has 1 saturated heterocycles. The third-order valence-electron chi connectivity index (χ3n) is 5.21. The number of aromatic nitrogens is 2. The van der Waals surface area contributed by atoms with Gasteiger partial charge in [0.2, 0.25) is 10.0 Å². The molecule has 0 bridgehead atoms. The van der Waals surface area contributed by atoms with E-state index in [0.29, 0.717) is 34.9 Å². The van der Waals surface area contributed by atoms with Gasteiger partial charge in [-0.1, -0.05) is 29.0 Å². The number of carbonyl (C=O) groups excluding carboxylic acids is 1. The van der Waals surface area contributed by atoms with Crippen molar-refractivity contribution in [1.82, 2.24) is 19.8 Å². The van der Waals surface area contributed by atoms with Gasteiger partial charge in [-0.25, -0.2) is 17.5 Å². The molecule has 9 nitrogen and oxygen atoms in total. The number of hydrogen-bond donors (Lipinski definition) is 1. The predicted octanol–water partition coefficient (Wildman–Crippen LogP) is 2.66. The Bertz CT molecular complexity index is 1230. The lowest BCUT2D eigenvalue weighted by Gasteiger charge is -2.32. The zero-order valence-corrected chi connectivity index (χ0v) is 20.2. The van der Waals surface area contributed by atoms with Crippen LogP contribution >= 0.6 is 22.9 Å². The van der Waals surface area contributed by atoms with E-state index in [0.717, 1.165) is 12.0 Å². The summed E-state index contributed by atoms with van der Waals surface area (Å²) in [7, 11) is -3.47. The number of carbonyl (C=O) groups is 1. The highest BCUT2D eigenvalue weighted by atomic mass is 35.5. The van der Waals surface area contributed by atoms with Gasteiger partial charge >= 0.3 is 5.97 Å². The van der Waals surface area contributed by atoms with Gasteiger partial charge in [0.15, 0.2) is 10.8 Å². The second kappa shape index (κ2) is 9.45. The van der Waals surface area contributed by atoms with Crippen LogP contribution in [-0.4, -0.2) is 60.8 Å². The van der Waals surface area contributed by atoms with Crippen molar-refractivity contribution in [1.29, 1.82) is 0 Å². The number of ether oxygens (including phenoxy) is 1. The smallest absolute Gasteiger partial charge is 0.310 e. The molecule has 0 spiro atoms. The molecule has 33 heavy (non-hydrogen) atoms. The first kappa shape index (κ1) is 23.7. The number of aliphatic imine (C=N–C) groups is 1. The van der Waals surface area contributed by atoms with Crippen LogP contribution in [0.1, 0.15) is 36.4 Å². The van der Waals surface area contributed by atoms with Crippen LogP contribution in [0.3, 0.4) is 0 Å². The van der Waals surface area contributed by atoms with Gasteiger partial charge in [-0.15, -0.1) is 10.2 Å². The summed E-state index contributed by atoms with van der Waals surface area (Å²) in [5.74, 6) is -0.451. The second-order valence-electron chi connectivity index (χ2n) is 7.62. The van der Waals surface area contributed by atoms with E-state index >= 15 is 0 Å². The van der Waals surface area contributed by atoms with Crippen LogP contribution in [-0.2, 0) is 19.6 Å². The van der Waals surface area contributed by atoms with E-state index in [1.165, 1.54) is 29.5 Å². The third kappa shape index (κ3) is 5.24. The van der Waals surface area contributed by atoms with Crippen molar-refractivity contribution in [2.45, 2.75) is 31.8 Å². The molecule has 0 aliphatic carbocycles. The number of hydrogen-bond acceptors (Lipinski definition) is 9. The molecule has 2 aromatic rings. The van der Waals surface area contributed by atoms with E-state index in [9.17, 15) is 17.6 Å². The number of fused-ring (bicyclic) bond motifs is 1. The largest absolute Gasteiger partial charge is 0.466 e. The first-order chi connectivity index (χ1) is 15.7. The summed E-state index contributed by atoms with van der Waals surface area (Å²) in [5.41, 5.74) is 3.44. The number of nitrogens with one attached hydrogen (secondary N) is 1. The Morgan fingerprint density at radius 3 is 2.85 bits per heavy atom. The topological polar surface area (TPSA) is 114 Å². The van der Waals surface area contributed by atoms with Crippen molar-refractivity contribution < 1.29 is 22.3 Å². The summed E-state index contributed by atoms with van der Waals surface area (Å²) in [6.07, 6.45) is 1.35. The van der Waals surface area contributed by atoms with Crippen LogP contribution in [0.15, 0.2) is 40.0 Å². The molecule has 1 aromatic carbocycles. The number of rotatable bonds is 7. The molecule has 2 aliphatic rings. The molecule has 176 valence electrons. The summed E-state index contributed by atoms with van der Waals surface area (Å²) in [4.78, 5) is 19.2. The normalized spacial score (nSPS) is 20.6. The highest BCUT2D eigenvalue weighted by Crippen LogP contribution is 2.43. The van der Waals surface area contributed by atoms with Gasteiger partial charge in [0.1, 0.15) is 17.4 Å². The van der Waals surface area contributed by atoms with Crippen LogP contribution in [0.2, 0.25) is 5.02 Å². The minimum atomic E-state index is -3.47. The third-order valence-corrected chi connectivity index (χ3v) is 6.98. The van der Waals surface area contributed by atoms with E-state index in [4.69, 9.17) is 21.3 Å². The fraction of sp³-hybridized carbons (Fsp3) is 0.400. The Hall–Kier alpha value is -2.41. The van der Waals surface area contributed by atoms with Crippen LogP contribution in [0.25, 0.3) is 0 Å². The summed E-state index contributed by atoms with van der Waals surface area (Å²) in [6.45, 7) is 2.23. The minimum Gasteiger partial charge on any atom is -0.466 e. The Morgan fingerprint density at radius 1 is 1.42 bits per heavy atom. The molecule has 0 radical (unpaired) electrons. The molecule has 4 rings (SSSR count). The minimum absolute atomic E-state index is 0.0729. The van der Waals surface area contributed by atoms with Gasteiger partial charge in [0.25, 0.3) is 0 Å². The molecular weight excluding hydrogens is 493 g/mol. The van der Waals surface area contributed by atoms with Crippen LogP contribution in [0.4, 0.5) is 4.39 Å². The van der Waals surface area contributed by atoms with Gasteiger partial charge < -0.3 is 9.64 Å². The maximum atomic E-state index is 13.7. The molecule has 1 fully saturated rings. The van der Waals surface area contributed by atoms with Crippen molar-refractivity contribution in [2.75, 3.05) is 19.4 Å². The lowest BCUT2D eigenvalue weighted by atomic mass is 9.92. The van der Waals surface area contributed by atoms with E-state index in [-0.39, 0.29) is 18.1 Å². The molecule has 2 aliphatic heterocycles. The number of benzene rings is 1. The molecule has 1 unspecified atom stereocenters. The Labute approximate surface area is 199 Å². The fourth-order valence-electron chi connectivity index (χ4n) is 4.05. The molecule has 3 heterocycles. The van der Waals surface area contributed by atoms with Gasteiger partial charge in [0.05, 0.1) is 19.3 Å².